The number of thiazole rings is 1. The number of aromatic nitrogens is 1. The Morgan fingerprint density at radius 2 is 2.24 bits per heavy atom. The third-order valence-corrected chi connectivity index (χ3v) is 7.12. The van der Waals surface area contributed by atoms with Crippen molar-refractivity contribution in [1.82, 2.24) is 15.2 Å². The van der Waals surface area contributed by atoms with E-state index in [2.05, 4.69) is 22.1 Å². The molecule has 1 N–H and O–H groups in total. The molecule has 2 aliphatic heterocycles. The van der Waals surface area contributed by atoms with Gasteiger partial charge in [-0.05, 0) is 45.4 Å². The first kappa shape index (κ1) is 25.2. The molecule has 0 radical (unpaired) electrons. The summed E-state index contributed by atoms with van der Waals surface area (Å²) in [6.07, 6.45) is 9.37. The third kappa shape index (κ3) is 9.28. The summed E-state index contributed by atoms with van der Waals surface area (Å²) in [6, 6.07) is 0. The van der Waals surface area contributed by atoms with Crippen LogP contribution in [0.15, 0.2) is 20.9 Å². The number of nitrogens with one attached hydrogen (secondary N) is 1. The summed E-state index contributed by atoms with van der Waals surface area (Å²) in [5, 5.41) is 5.48. The van der Waals surface area contributed by atoms with E-state index in [1.54, 1.807) is 11.3 Å². The molecule has 3 rings (SSSR count). The monoisotopic (exact) mass is 554 g/mol. The Morgan fingerprint density at radius 3 is 2.93 bits per heavy atom. The number of halogens is 1. The second-order valence-electron chi connectivity index (χ2n) is 7.24. The van der Waals surface area contributed by atoms with Gasteiger partial charge in [0.1, 0.15) is 4.34 Å². The van der Waals surface area contributed by atoms with Gasteiger partial charge < -0.3 is 19.7 Å². The molecule has 1 aromatic heterocycles. The van der Waals surface area contributed by atoms with Crippen molar-refractivity contribution in [3.63, 3.8) is 0 Å². The summed E-state index contributed by atoms with van der Waals surface area (Å²) in [4.78, 5) is 11.5. The number of thioether (sulfide) groups is 1. The molecular formula is C20H35IN4O2S2. The molecule has 2 aliphatic rings. The van der Waals surface area contributed by atoms with Gasteiger partial charge >= 0.3 is 0 Å². The van der Waals surface area contributed by atoms with E-state index in [1.165, 1.54) is 12.8 Å². The number of ether oxygens (including phenoxy) is 2. The predicted octanol–water partition coefficient (Wildman–Crippen LogP) is 4.26. The molecule has 1 unspecified atom stereocenters. The molecule has 0 saturated carbocycles. The van der Waals surface area contributed by atoms with E-state index in [-0.39, 0.29) is 24.0 Å². The van der Waals surface area contributed by atoms with Gasteiger partial charge in [0.2, 0.25) is 0 Å². The summed E-state index contributed by atoms with van der Waals surface area (Å²) >= 11 is 3.53. The standard InChI is InChI=1S/C20H34N4O2S2.HI/c1-2-21-19(22-9-5-14-27-20-23-10-15-28-20)24-11-7-17(8-12-24)26-16-18-6-3-4-13-25-18;/h10,15,17-18H,2-9,11-14,16H2,1H3,(H,21,22);1H. The minimum atomic E-state index is 0. The summed E-state index contributed by atoms with van der Waals surface area (Å²) in [5.41, 5.74) is 0. The van der Waals surface area contributed by atoms with Gasteiger partial charge in [0.25, 0.3) is 0 Å². The smallest absolute Gasteiger partial charge is 0.193 e. The highest BCUT2D eigenvalue weighted by Gasteiger charge is 2.23. The van der Waals surface area contributed by atoms with Crippen molar-refractivity contribution < 1.29 is 9.47 Å². The second kappa shape index (κ2) is 14.8. The van der Waals surface area contributed by atoms with E-state index in [4.69, 9.17) is 14.5 Å². The summed E-state index contributed by atoms with van der Waals surface area (Å²) in [5.74, 6) is 2.12. The number of piperidine rings is 1. The molecule has 6 nitrogen and oxygen atoms in total. The van der Waals surface area contributed by atoms with E-state index in [0.717, 1.165) is 81.1 Å². The Labute approximate surface area is 200 Å². The molecule has 2 fully saturated rings. The zero-order chi connectivity index (χ0) is 19.4. The maximum Gasteiger partial charge on any atom is 0.193 e. The molecule has 0 amide bonds. The van der Waals surface area contributed by atoms with Crippen LogP contribution >= 0.6 is 47.1 Å². The Morgan fingerprint density at radius 1 is 1.38 bits per heavy atom. The maximum absolute atomic E-state index is 6.14. The van der Waals surface area contributed by atoms with E-state index < -0.39 is 0 Å². The van der Waals surface area contributed by atoms with Crippen molar-refractivity contribution in [2.75, 3.05) is 45.1 Å². The van der Waals surface area contributed by atoms with Gasteiger partial charge in [-0.2, -0.15) is 0 Å². The highest BCUT2D eigenvalue weighted by Crippen LogP contribution is 2.21. The number of likely N-dealkylation sites (tertiary alicyclic amines) is 1. The molecule has 29 heavy (non-hydrogen) atoms. The number of rotatable bonds is 9. The van der Waals surface area contributed by atoms with Crippen LogP contribution in [0.2, 0.25) is 0 Å². The Hall–Kier alpha value is -0.100. The SMILES string of the molecule is CCNC(=NCCCSc1nccs1)N1CCC(OCC2CCCCO2)CC1.I. The lowest BCUT2D eigenvalue weighted by Gasteiger charge is -2.35. The average molecular weight is 555 g/mol. The number of hydrogen-bond acceptors (Lipinski definition) is 6. The van der Waals surface area contributed by atoms with Crippen molar-refractivity contribution in [3.05, 3.63) is 11.6 Å². The van der Waals surface area contributed by atoms with E-state index in [9.17, 15) is 0 Å². The van der Waals surface area contributed by atoms with Crippen molar-refractivity contribution in [3.8, 4) is 0 Å². The first-order valence-electron chi connectivity index (χ1n) is 10.6. The van der Waals surface area contributed by atoms with Crippen molar-refractivity contribution in [1.29, 1.82) is 0 Å². The fourth-order valence-electron chi connectivity index (χ4n) is 3.53. The van der Waals surface area contributed by atoms with E-state index in [0.29, 0.717) is 12.2 Å². The van der Waals surface area contributed by atoms with Crippen LogP contribution in [0, 0.1) is 0 Å². The largest absolute Gasteiger partial charge is 0.376 e. The molecule has 1 aromatic rings. The van der Waals surface area contributed by atoms with Gasteiger partial charge in [-0.1, -0.05) is 11.8 Å². The van der Waals surface area contributed by atoms with E-state index >= 15 is 0 Å². The Bertz CT molecular complexity index is 563. The second-order valence-corrected chi connectivity index (χ2v) is 9.48. The summed E-state index contributed by atoms with van der Waals surface area (Å²) in [7, 11) is 0. The van der Waals surface area contributed by atoms with Crippen molar-refractivity contribution >= 4 is 53.0 Å². The van der Waals surface area contributed by atoms with Gasteiger partial charge in [0.15, 0.2) is 5.96 Å². The lowest BCUT2D eigenvalue weighted by atomic mass is 10.1. The van der Waals surface area contributed by atoms with E-state index in [1.807, 2.05) is 23.3 Å². The molecule has 3 heterocycles. The van der Waals surface area contributed by atoms with Crippen LogP contribution in [-0.2, 0) is 9.47 Å². The number of guanidine groups is 1. The lowest BCUT2D eigenvalue weighted by molar-refractivity contribution is -0.0721. The number of nitrogens with zero attached hydrogens (tertiary/aromatic N) is 3. The van der Waals surface area contributed by atoms with Crippen LogP contribution in [0.3, 0.4) is 0 Å². The molecule has 0 spiro atoms. The molecule has 1 atom stereocenters. The van der Waals surface area contributed by atoms with Crippen LogP contribution in [-0.4, -0.2) is 73.2 Å². The van der Waals surface area contributed by atoms with Crippen LogP contribution in [0.1, 0.15) is 45.4 Å². The number of aliphatic imine (C=N–C) groups is 1. The van der Waals surface area contributed by atoms with Gasteiger partial charge in [-0.15, -0.1) is 35.3 Å². The third-order valence-electron chi connectivity index (χ3n) is 5.07. The zero-order valence-electron chi connectivity index (χ0n) is 17.4. The molecule has 0 aliphatic carbocycles. The maximum atomic E-state index is 6.14. The molecule has 9 heteroatoms. The minimum Gasteiger partial charge on any atom is -0.376 e. The summed E-state index contributed by atoms with van der Waals surface area (Å²) < 4.78 is 13.1. The summed E-state index contributed by atoms with van der Waals surface area (Å²) in [6.45, 7) is 7.57. The number of hydrogen-bond donors (Lipinski definition) is 1. The van der Waals surface area contributed by atoms with Crippen molar-refractivity contribution in [2.24, 2.45) is 4.99 Å². The predicted molar refractivity (Wildman–Crippen MR) is 133 cm³/mol. The molecule has 0 bridgehead atoms. The van der Waals surface area contributed by atoms with Crippen LogP contribution in [0.5, 0.6) is 0 Å². The van der Waals surface area contributed by atoms with Gasteiger partial charge in [0.05, 0.1) is 18.8 Å². The van der Waals surface area contributed by atoms with Crippen LogP contribution < -0.4 is 5.32 Å². The quantitative estimate of drug-likeness (QED) is 0.162. The zero-order valence-corrected chi connectivity index (χ0v) is 21.3. The van der Waals surface area contributed by atoms with Gasteiger partial charge in [0, 0.05) is 50.1 Å². The highest BCUT2D eigenvalue weighted by atomic mass is 127. The molecule has 2 saturated heterocycles. The fourth-order valence-corrected chi connectivity index (χ4v) is 5.17. The first-order chi connectivity index (χ1) is 13.8. The Balaban J connectivity index is 0.00000300. The highest BCUT2D eigenvalue weighted by molar-refractivity contribution is 14.0. The lowest BCUT2D eigenvalue weighted by Crippen LogP contribution is -2.47. The van der Waals surface area contributed by atoms with Crippen molar-refractivity contribution in [2.45, 2.75) is 62.0 Å². The molecule has 166 valence electrons. The minimum absolute atomic E-state index is 0. The fraction of sp³-hybridized carbons (Fsp3) is 0.800. The van der Waals surface area contributed by atoms with Gasteiger partial charge in [-0.25, -0.2) is 4.98 Å². The molecule has 0 aromatic carbocycles. The molecular weight excluding hydrogens is 519 g/mol. The van der Waals surface area contributed by atoms with Crippen LogP contribution in [0.25, 0.3) is 0 Å². The topological polar surface area (TPSA) is 59.0 Å². The average Bonchev–Trinajstić information content (AvgIpc) is 3.26. The Kier molecular flexibility index (Phi) is 12.9. The first-order valence-corrected chi connectivity index (χ1v) is 12.5. The normalized spacial score (nSPS) is 21.1. The van der Waals surface area contributed by atoms with Gasteiger partial charge in [-0.3, -0.25) is 4.99 Å². The van der Waals surface area contributed by atoms with Crippen LogP contribution in [0.4, 0.5) is 0 Å².